The van der Waals surface area contributed by atoms with Crippen molar-refractivity contribution >= 4 is 16.7 Å². The van der Waals surface area contributed by atoms with Crippen LogP contribution in [-0.2, 0) is 11.0 Å². The van der Waals surface area contributed by atoms with Gasteiger partial charge in [-0.25, -0.2) is 10.8 Å². The van der Waals surface area contributed by atoms with Crippen molar-refractivity contribution in [1.29, 1.82) is 0 Å². The maximum atomic E-state index is 12.9. The molecule has 3 nitrogen and oxygen atoms in total. The first kappa shape index (κ1) is 16.2. The molecule has 0 aromatic heterocycles. The summed E-state index contributed by atoms with van der Waals surface area (Å²) in [6, 6.07) is 0. The average molecular weight is 294 g/mol. The molecule has 0 saturated heterocycles. The zero-order valence-corrected chi connectivity index (χ0v) is 12.0. The smallest absolute Gasteiger partial charge is 0.300 e. The summed E-state index contributed by atoms with van der Waals surface area (Å²) in [5, 5.41) is 0. The molecule has 1 aliphatic rings. The summed E-state index contributed by atoms with van der Waals surface area (Å²) in [6.07, 6.45) is -4.92. The van der Waals surface area contributed by atoms with Crippen LogP contribution in [0, 0.1) is 6.57 Å². The van der Waals surface area contributed by atoms with Gasteiger partial charge in [0.2, 0.25) is 0 Å². The molecule has 0 amide bonds. The van der Waals surface area contributed by atoms with Crippen LogP contribution in [0.3, 0.4) is 0 Å². The van der Waals surface area contributed by atoms with E-state index in [2.05, 4.69) is 9.24 Å². The molecule has 1 unspecified atom stereocenters. The Kier molecular flexibility index (Phi) is 4.45. The molecule has 108 valence electrons. The minimum absolute atomic E-state index is 0.0870. The lowest BCUT2D eigenvalue weighted by Crippen LogP contribution is -2.45. The fourth-order valence-electron chi connectivity index (χ4n) is 1.76. The third-order valence-electron chi connectivity index (χ3n) is 3.13. The summed E-state index contributed by atoms with van der Waals surface area (Å²) in [7, 11) is -1.45. The van der Waals surface area contributed by atoms with Crippen LogP contribution in [0.5, 0.6) is 0 Å². The number of hydrogen-bond acceptors (Lipinski definition) is 1. The number of hydrogen-bond donors (Lipinski definition) is 0. The summed E-state index contributed by atoms with van der Waals surface area (Å²) >= 11 is 0. The van der Waals surface area contributed by atoms with Crippen LogP contribution in [0.2, 0.25) is 0 Å². The Balaban J connectivity index is 2.81. The van der Waals surface area contributed by atoms with E-state index >= 15 is 0 Å². The van der Waals surface area contributed by atoms with Gasteiger partial charge in [-0.2, -0.15) is 17.6 Å². The standard InChI is InChI=1S/C12H17F3N2OS/c1-10(2,3)19(18)17-9-5-7-11(16-4,8-6-9)12(13,14)15/h5-8H2,1-3H3. The number of nitrogens with zero attached hydrogens (tertiary/aromatic N) is 2. The summed E-state index contributed by atoms with van der Waals surface area (Å²) in [6.45, 7) is 12.1. The maximum Gasteiger partial charge on any atom is 0.468 e. The Morgan fingerprint density at radius 1 is 1.26 bits per heavy atom. The minimum atomic E-state index is -4.51. The van der Waals surface area contributed by atoms with Crippen molar-refractivity contribution in [3.8, 4) is 0 Å². The van der Waals surface area contributed by atoms with E-state index in [-0.39, 0.29) is 25.7 Å². The minimum Gasteiger partial charge on any atom is -0.300 e. The van der Waals surface area contributed by atoms with Gasteiger partial charge in [-0.05, 0) is 33.6 Å². The molecule has 0 N–H and O–H groups in total. The van der Waals surface area contributed by atoms with Gasteiger partial charge in [0.25, 0.3) is 0 Å². The summed E-state index contributed by atoms with van der Waals surface area (Å²) in [5.74, 6) is 0. The highest BCUT2D eigenvalue weighted by Crippen LogP contribution is 2.44. The molecule has 7 heteroatoms. The maximum absolute atomic E-state index is 12.9. The first-order valence-electron chi connectivity index (χ1n) is 5.96. The van der Waals surface area contributed by atoms with Crippen molar-refractivity contribution in [3.63, 3.8) is 0 Å². The van der Waals surface area contributed by atoms with Crippen molar-refractivity contribution in [1.82, 2.24) is 0 Å². The number of alkyl halides is 3. The lowest BCUT2D eigenvalue weighted by molar-refractivity contribution is -0.177. The second kappa shape index (κ2) is 5.23. The van der Waals surface area contributed by atoms with Crippen molar-refractivity contribution in [2.24, 2.45) is 4.40 Å². The average Bonchev–Trinajstić information content (AvgIpc) is 2.27. The normalized spacial score (nSPS) is 26.7. The van der Waals surface area contributed by atoms with Gasteiger partial charge in [0.1, 0.15) is 11.0 Å². The highest BCUT2D eigenvalue weighted by molar-refractivity contribution is 7.85. The Morgan fingerprint density at radius 2 is 1.74 bits per heavy atom. The topological polar surface area (TPSA) is 33.8 Å². The Labute approximate surface area is 113 Å². The van der Waals surface area contributed by atoms with Gasteiger partial charge in [-0.3, -0.25) is 0 Å². The van der Waals surface area contributed by atoms with Gasteiger partial charge in [0.05, 0.1) is 4.75 Å². The molecule has 1 aliphatic carbocycles. The molecule has 1 atom stereocenters. The molecule has 0 bridgehead atoms. The van der Waals surface area contributed by atoms with E-state index in [1.807, 2.05) is 0 Å². The number of rotatable bonds is 1. The first-order valence-corrected chi connectivity index (χ1v) is 7.06. The fourth-order valence-corrected chi connectivity index (χ4v) is 2.45. The van der Waals surface area contributed by atoms with Crippen LogP contribution in [0.25, 0.3) is 4.85 Å². The fraction of sp³-hybridized carbons (Fsp3) is 0.833. The third kappa shape index (κ3) is 3.56. The molecule has 1 fully saturated rings. The molecule has 19 heavy (non-hydrogen) atoms. The van der Waals surface area contributed by atoms with E-state index in [1.165, 1.54) is 0 Å². The van der Waals surface area contributed by atoms with E-state index in [0.29, 0.717) is 5.71 Å². The van der Waals surface area contributed by atoms with Crippen LogP contribution >= 0.6 is 0 Å². The summed E-state index contributed by atoms with van der Waals surface area (Å²) in [5.41, 5.74) is -1.76. The van der Waals surface area contributed by atoms with Crippen molar-refractivity contribution in [3.05, 3.63) is 11.4 Å². The monoisotopic (exact) mass is 294 g/mol. The van der Waals surface area contributed by atoms with Crippen molar-refractivity contribution in [2.75, 3.05) is 0 Å². The van der Waals surface area contributed by atoms with Gasteiger partial charge >= 0.3 is 11.7 Å². The molecule has 0 radical (unpaired) electrons. The summed E-state index contributed by atoms with van der Waals surface area (Å²) < 4.78 is 53.9. The van der Waals surface area contributed by atoms with E-state index in [0.717, 1.165) is 0 Å². The van der Waals surface area contributed by atoms with Gasteiger partial charge in [0, 0.05) is 18.6 Å². The van der Waals surface area contributed by atoms with E-state index in [9.17, 15) is 17.4 Å². The molecule has 0 aromatic rings. The molecular formula is C12H17F3N2OS. The SMILES string of the molecule is [C-]#[N+]C1(C(F)(F)F)CCC(=NS(=O)C(C)(C)C)CC1. The lowest BCUT2D eigenvalue weighted by Gasteiger charge is -2.28. The van der Waals surface area contributed by atoms with Crippen LogP contribution in [0.4, 0.5) is 13.2 Å². The zero-order valence-electron chi connectivity index (χ0n) is 11.2. The second-order valence-electron chi connectivity index (χ2n) is 5.66. The van der Waals surface area contributed by atoms with E-state index < -0.39 is 27.4 Å². The van der Waals surface area contributed by atoms with Crippen molar-refractivity contribution in [2.45, 2.75) is 62.9 Å². The summed E-state index contributed by atoms with van der Waals surface area (Å²) in [4.78, 5) is 2.81. The van der Waals surface area contributed by atoms with E-state index in [1.54, 1.807) is 20.8 Å². The first-order chi connectivity index (χ1) is 8.52. The van der Waals surface area contributed by atoms with Gasteiger partial charge < -0.3 is 4.85 Å². The lowest BCUT2D eigenvalue weighted by atomic mass is 9.81. The zero-order chi connectivity index (χ0) is 14.9. The highest BCUT2D eigenvalue weighted by Gasteiger charge is 2.62. The molecule has 0 spiro atoms. The predicted molar refractivity (Wildman–Crippen MR) is 69.2 cm³/mol. The molecular weight excluding hydrogens is 277 g/mol. The van der Waals surface area contributed by atoms with Gasteiger partial charge in [-0.1, -0.05) is 0 Å². The van der Waals surface area contributed by atoms with E-state index in [4.69, 9.17) is 6.57 Å². The van der Waals surface area contributed by atoms with Crippen LogP contribution in [-0.4, -0.2) is 26.4 Å². The highest BCUT2D eigenvalue weighted by atomic mass is 32.2. The third-order valence-corrected chi connectivity index (χ3v) is 4.60. The van der Waals surface area contributed by atoms with Gasteiger partial charge in [0.15, 0.2) is 0 Å². The molecule has 1 saturated carbocycles. The largest absolute Gasteiger partial charge is 0.468 e. The molecule has 1 rings (SSSR count). The van der Waals surface area contributed by atoms with Crippen LogP contribution in [0.1, 0.15) is 46.5 Å². The Morgan fingerprint density at radius 3 is 2.05 bits per heavy atom. The van der Waals surface area contributed by atoms with Crippen LogP contribution < -0.4 is 0 Å². The van der Waals surface area contributed by atoms with Gasteiger partial charge in [-0.15, -0.1) is 0 Å². The van der Waals surface area contributed by atoms with Crippen molar-refractivity contribution < 1.29 is 17.4 Å². The Bertz CT molecular complexity index is 433. The van der Waals surface area contributed by atoms with Crippen LogP contribution in [0.15, 0.2) is 4.40 Å². The molecule has 0 heterocycles. The Hall–Kier alpha value is -0.900. The number of halogens is 3. The predicted octanol–water partition coefficient (Wildman–Crippen LogP) is 3.68. The molecule has 0 aliphatic heterocycles. The molecule has 0 aromatic carbocycles. The quantitative estimate of drug-likeness (QED) is 0.679. The second-order valence-corrected chi connectivity index (χ2v) is 7.57.